The van der Waals surface area contributed by atoms with Gasteiger partial charge in [-0.1, -0.05) is 23.7 Å². The number of hydrogen-bond acceptors (Lipinski definition) is 4. The van der Waals surface area contributed by atoms with Crippen molar-refractivity contribution < 1.29 is 4.79 Å². The highest BCUT2D eigenvalue weighted by Gasteiger charge is 2.23. The number of halogens is 1. The summed E-state index contributed by atoms with van der Waals surface area (Å²) in [7, 11) is 0. The van der Waals surface area contributed by atoms with Gasteiger partial charge in [-0.3, -0.25) is 9.78 Å². The van der Waals surface area contributed by atoms with Gasteiger partial charge in [0, 0.05) is 17.4 Å². The molecule has 0 atom stereocenters. The lowest BCUT2D eigenvalue weighted by Crippen LogP contribution is -2.19. The normalized spacial score (nSPS) is 18.2. The Morgan fingerprint density at radius 2 is 2.19 bits per heavy atom. The van der Waals surface area contributed by atoms with Crippen molar-refractivity contribution >= 4 is 46.2 Å². The fourth-order valence-electron chi connectivity index (χ4n) is 1.76. The summed E-state index contributed by atoms with van der Waals surface area (Å²) in [6.07, 6.45) is 5.18. The first kappa shape index (κ1) is 13.9. The summed E-state index contributed by atoms with van der Waals surface area (Å²) in [5.74, 6) is -0.162. The molecule has 0 radical (unpaired) electrons. The molecule has 2 aromatic rings. The quantitative estimate of drug-likeness (QED) is 0.861. The van der Waals surface area contributed by atoms with Gasteiger partial charge in [0.2, 0.25) is 0 Å². The van der Waals surface area contributed by atoms with Crippen molar-refractivity contribution in [2.45, 2.75) is 0 Å². The van der Waals surface area contributed by atoms with E-state index in [1.807, 2.05) is 24.3 Å². The monoisotopic (exact) mass is 315 g/mol. The maximum Gasteiger partial charge on any atom is 0.264 e. The van der Waals surface area contributed by atoms with Crippen molar-refractivity contribution in [2.24, 2.45) is 4.99 Å². The largest absolute Gasteiger partial charge is 0.300 e. The second-order valence-electron chi connectivity index (χ2n) is 4.25. The van der Waals surface area contributed by atoms with Gasteiger partial charge in [0.25, 0.3) is 5.91 Å². The zero-order valence-electron chi connectivity index (χ0n) is 10.8. The van der Waals surface area contributed by atoms with Crippen LogP contribution in [0.4, 0.5) is 5.69 Å². The molecule has 6 heteroatoms. The standard InChI is InChI=1S/C15H10ClN3OS/c16-11-4-1-5-12(8-11)18-15-19-14(20)13(21-15)7-10-3-2-6-17-9-10/h1-9H,(H,18,19,20)/b13-7+. The summed E-state index contributed by atoms with van der Waals surface area (Å²) >= 11 is 7.21. The van der Waals surface area contributed by atoms with E-state index in [1.165, 1.54) is 11.8 Å². The van der Waals surface area contributed by atoms with E-state index < -0.39 is 0 Å². The number of nitrogens with zero attached hydrogens (tertiary/aromatic N) is 2. The van der Waals surface area contributed by atoms with Crippen molar-refractivity contribution in [3.8, 4) is 0 Å². The SMILES string of the molecule is O=C1NC(=Nc2cccc(Cl)c2)S/C1=C/c1cccnc1. The Labute approximate surface area is 131 Å². The lowest BCUT2D eigenvalue weighted by atomic mass is 10.2. The van der Waals surface area contributed by atoms with Crippen molar-refractivity contribution in [1.29, 1.82) is 0 Å². The number of rotatable bonds is 2. The molecule has 1 aromatic carbocycles. The number of aromatic nitrogens is 1. The predicted octanol–water partition coefficient (Wildman–Crippen LogP) is 3.63. The number of nitrogens with one attached hydrogen (secondary N) is 1. The van der Waals surface area contributed by atoms with Gasteiger partial charge in [0.1, 0.15) is 0 Å². The Morgan fingerprint density at radius 3 is 2.95 bits per heavy atom. The summed E-state index contributed by atoms with van der Waals surface area (Å²) in [6, 6.07) is 10.9. The third-order valence-electron chi connectivity index (χ3n) is 2.67. The Bertz CT molecular complexity index is 744. The maximum atomic E-state index is 11.9. The third-order valence-corrected chi connectivity index (χ3v) is 3.82. The van der Waals surface area contributed by atoms with Crippen LogP contribution in [0.2, 0.25) is 5.02 Å². The van der Waals surface area contributed by atoms with Crippen LogP contribution in [-0.4, -0.2) is 16.1 Å². The van der Waals surface area contributed by atoms with Crippen LogP contribution in [0.25, 0.3) is 6.08 Å². The summed E-state index contributed by atoms with van der Waals surface area (Å²) in [5.41, 5.74) is 1.58. The molecule has 0 aliphatic carbocycles. The minimum absolute atomic E-state index is 0.162. The predicted molar refractivity (Wildman–Crippen MR) is 86.5 cm³/mol. The van der Waals surface area contributed by atoms with Gasteiger partial charge >= 0.3 is 0 Å². The number of carbonyl (C=O) groups is 1. The number of benzene rings is 1. The lowest BCUT2D eigenvalue weighted by Gasteiger charge is -1.96. The first-order valence-electron chi connectivity index (χ1n) is 6.16. The number of thioether (sulfide) groups is 1. The average molecular weight is 316 g/mol. The average Bonchev–Trinajstić information content (AvgIpc) is 2.80. The van der Waals surface area contributed by atoms with Crippen LogP contribution in [0.1, 0.15) is 5.56 Å². The molecule has 0 unspecified atom stereocenters. The van der Waals surface area contributed by atoms with Crippen molar-refractivity contribution in [3.05, 3.63) is 64.3 Å². The van der Waals surface area contributed by atoms with Crippen molar-refractivity contribution in [2.75, 3.05) is 0 Å². The highest BCUT2D eigenvalue weighted by atomic mass is 35.5. The van der Waals surface area contributed by atoms with Crippen LogP contribution < -0.4 is 5.32 Å². The Hall–Kier alpha value is -2.11. The number of pyridine rings is 1. The zero-order valence-corrected chi connectivity index (χ0v) is 12.4. The molecule has 3 rings (SSSR count). The molecule has 0 bridgehead atoms. The fourth-order valence-corrected chi connectivity index (χ4v) is 2.78. The summed E-state index contributed by atoms with van der Waals surface area (Å²) < 4.78 is 0. The molecule has 1 aromatic heterocycles. The molecule has 104 valence electrons. The minimum atomic E-state index is -0.162. The molecule has 1 aliphatic rings. The van der Waals surface area contributed by atoms with Crippen LogP contribution in [0, 0.1) is 0 Å². The Balaban J connectivity index is 1.83. The molecule has 2 heterocycles. The first-order valence-corrected chi connectivity index (χ1v) is 7.35. The van der Waals surface area contributed by atoms with E-state index in [1.54, 1.807) is 30.6 Å². The van der Waals surface area contributed by atoms with Gasteiger partial charge in [0.15, 0.2) is 5.17 Å². The van der Waals surface area contributed by atoms with Gasteiger partial charge in [-0.15, -0.1) is 0 Å². The van der Waals surface area contributed by atoms with Crippen LogP contribution in [0.5, 0.6) is 0 Å². The molecule has 0 saturated carbocycles. The van der Waals surface area contributed by atoms with E-state index in [9.17, 15) is 4.79 Å². The highest BCUT2D eigenvalue weighted by Crippen LogP contribution is 2.28. The van der Waals surface area contributed by atoms with Gasteiger partial charge in [-0.05, 0) is 47.7 Å². The molecule has 1 aliphatic heterocycles. The molecular weight excluding hydrogens is 306 g/mol. The Morgan fingerprint density at radius 1 is 1.29 bits per heavy atom. The fraction of sp³-hybridized carbons (Fsp3) is 0. The van der Waals surface area contributed by atoms with E-state index in [-0.39, 0.29) is 5.91 Å². The highest BCUT2D eigenvalue weighted by molar-refractivity contribution is 8.18. The van der Waals surface area contributed by atoms with Crippen LogP contribution in [-0.2, 0) is 4.79 Å². The second kappa shape index (κ2) is 6.11. The zero-order chi connectivity index (χ0) is 14.7. The number of aliphatic imine (C=N–C) groups is 1. The van der Waals surface area contributed by atoms with E-state index in [2.05, 4.69) is 15.3 Å². The van der Waals surface area contributed by atoms with Crippen LogP contribution in [0.3, 0.4) is 0 Å². The van der Waals surface area contributed by atoms with Crippen LogP contribution in [0.15, 0.2) is 58.7 Å². The molecule has 0 spiro atoms. The lowest BCUT2D eigenvalue weighted by molar-refractivity contribution is -0.115. The summed E-state index contributed by atoms with van der Waals surface area (Å²) in [4.78, 5) is 20.9. The van der Waals surface area contributed by atoms with E-state index in [4.69, 9.17) is 11.6 Å². The number of amides is 1. The van der Waals surface area contributed by atoms with Crippen molar-refractivity contribution in [3.63, 3.8) is 0 Å². The maximum absolute atomic E-state index is 11.9. The number of carbonyl (C=O) groups excluding carboxylic acids is 1. The van der Waals surface area contributed by atoms with E-state index in [0.29, 0.717) is 20.8 Å². The second-order valence-corrected chi connectivity index (χ2v) is 5.72. The molecular formula is C15H10ClN3OS. The minimum Gasteiger partial charge on any atom is -0.300 e. The summed E-state index contributed by atoms with van der Waals surface area (Å²) in [6.45, 7) is 0. The topological polar surface area (TPSA) is 54.4 Å². The van der Waals surface area contributed by atoms with Gasteiger partial charge in [-0.2, -0.15) is 0 Å². The smallest absolute Gasteiger partial charge is 0.264 e. The molecule has 1 N–H and O–H groups in total. The number of hydrogen-bond donors (Lipinski definition) is 1. The van der Waals surface area contributed by atoms with E-state index in [0.717, 1.165) is 5.56 Å². The first-order chi connectivity index (χ1) is 10.2. The van der Waals surface area contributed by atoms with Crippen molar-refractivity contribution in [1.82, 2.24) is 10.3 Å². The third kappa shape index (κ3) is 3.51. The molecule has 1 fully saturated rings. The molecule has 1 amide bonds. The summed E-state index contributed by atoms with van der Waals surface area (Å²) in [5, 5.41) is 3.88. The molecule has 1 saturated heterocycles. The van der Waals surface area contributed by atoms with Crippen LogP contribution >= 0.6 is 23.4 Å². The molecule has 21 heavy (non-hydrogen) atoms. The van der Waals surface area contributed by atoms with Gasteiger partial charge < -0.3 is 5.32 Å². The van der Waals surface area contributed by atoms with Gasteiger partial charge in [0.05, 0.1) is 10.6 Å². The number of amidine groups is 1. The van der Waals surface area contributed by atoms with Gasteiger partial charge in [-0.25, -0.2) is 4.99 Å². The Kier molecular flexibility index (Phi) is 4.03. The van der Waals surface area contributed by atoms with E-state index >= 15 is 0 Å². The molecule has 4 nitrogen and oxygen atoms in total.